The number of benzene rings is 3. The van der Waals surface area contributed by atoms with Gasteiger partial charge in [0.25, 0.3) is 0 Å². The molecule has 0 saturated carbocycles. The standard InChI is InChI=1S/C32H31ClFN5O3/c33-23-7-14-29-28(19-23)27-15-17-39(32(40)42-26-12-8-24(34)9-13-26)31(30(27)37-29)22-5-10-25(11-6-22)41-18-4-2-1-3-16-38-21-35-20-36-38/h5-14,19-21,31,37H,1-4,15-18H2. The molecule has 3 aromatic carbocycles. The first-order chi connectivity index (χ1) is 20.5. The number of hydrogen-bond acceptors (Lipinski definition) is 5. The molecule has 0 fully saturated rings. The van der Waals surface area contributed by atoms with Gasteiger partial charge in [0, 0.05) is 34.7 Å². The molecule has 10 heteroatoms. The fourth-order valence-electron chi connectivity index (χ4n) is 5.48. The summed E-state index contributed by atoms with van der Waals surface area (Å²) in [6.07, 6.45) is 7.64. The number of aryl methyl sites for hydroxylation is 1. The van der Waals surface area contributed by atoms with Gasteiger partial charge >= 0.3 is 6.09 Å². The van der Waals surface area contributed by atoms with Crippen molar-refractivity contribution < 1.29 is 18.7 Å². The van der Waals surface area contributed by atoms with Crippen LogP contribution in [0.1, 0.15) is 48.5 Å². The minimum atomic E-state index is -0.502. The predicted octanol–water partition coefficient (Wildman–Crippen LogP) is 7.34. The second-order valence-electron chi connectivity index (χ2n) is 10.4. The van der Waals surface area contributed by atoms with Crippen molar-refractivity contribution in [2.45, 2.75) is 44.7 Å². The quantitative estimate of drug-likeness (QED) is 0.173. The number of carbonyl (C=O) groups excluding carboxylic acids is 1. The highest BCUT2D eigenvalue weighted by atomic mass is 35.5. The van der Waals surface area contributed by atoms with Crippen LogP contribution in [0.25, 0.3) is 10.9 Å². The molecule has 1 N–H and O–H groups in total. The number of aromatic amines is 1. The van der Waals surface area contributed by atoms with Crippen LogP contribution < -0.4 is 9.47 Å². The van der Waals surface area contributed by atoms with Crippen LogP contribution in [0.5, 0.6) is 11.5 Å². The SMILES string of the molecule is O=C(Oc1ccc(F)cc1)N1CCc2c([nH]c3ccc(Cl)cc23)C1c1ccc(OCCCCCCn2cncn2)cc1. The number of nitrogens with zero attached hydrogens (tertiary/aromatic N) is 4. The lowest BCUT2D eigenvalue weighted by molar-refractivity contribution is 0.135. The van der Waals surface area contributed by atoms with Gasteiger partial charge in [0.1, 0.15) is 36.0 Å². The Morgan fingerprint density at radius 3 is 2.57 bits per heavy atom. The fraction of sp³-hybridized carbons (Fsp3) is 0.281. The smallest absolute Gasteiger partial charge is 0.416 e. The molecule has 0 spiro atoms. The van der Waals surface area contributed by atoms with Crippen molar-refractivity contribution in [3.05, 3.63) is 107 Å². The summed E-state index contributed by atoms with van der Waals surface area (Å²) >= 11 is 6.32. The highest BCUT2D eigenvalue weighted by Gasteiger charge is 2.35. The van der Waals surface area contributed by atoms with Crippen molar-refractivity contribution in [3.63, 3.8) is 0 Å². The van der Waals surface area contributed by atoms with Crippen LogP contribution in [0.15, 0.2) is 79.4 Å². The maximum absolute atomic E-state index is 13.4. The summed E-state index contributed by atoms with van der Waals surface area (Å²) in [6.45, 7) is 1.96. The zero-order chi connectivity index (χ0) is 28.9. The van der Waals surface area contributed by atoms with Gasteiger partial charge in [-0.15, -0.1) is 0 Å². The van der Waals surface area contributed by atoms with Crippen LogP contribution in [0, 0.1) is 5.82 Å². The number of carbonyl (C=O) groups is 1. The van der Waals surface area contributed by atoms with Gasteiger partial charge in [-0.05, 0) is 91.4 Å². The fourth-order valence-corrected chi connectivity index (χ4v) is 5.65. The topological polar surface area (TPSA) is 85.3 Å². The Hall–Kier alpha value is -4.37. The molecule has 0 aliphatic carbocycles. The monoisotopic (exact) mass is 587 g/mol. The first-order valence-electron chi connectivity index (χ1n) is 14.1. The molecule has 1 unspecified atom stereocenters. The number of nitrogens with one attached hydrogen (secondary N) is 1. The van der Waals surface area contributed by atoms with Crippen LogP contribution in [-0.4, -0.2) is 43.9 Å². The van der Waals surface area contributed by atoms with Gasteiger partial charge in [-0.1, -0.05) is 30.2 Å². The van der Waals surface area contributed by atoms with Gasteiger partial charge in [0.15, 0.2) is 0 Å². The highest BCUT2D eigenvalue weighted by Crippen LogP contribution is 2.40. The summed E-state index contributed by atoms with van der Waals surface area (Å²) in [5.74, 6) is 0.676. The van der Waals surface area contributed by atoms with Gasteiger partial charge in [0.2, 0.25) is 0 Å². The largest absolute Gasteiger partial charge is 0.494 e. The molecule has 1 atom stereocenters. The lowest BCUT2D eigenvalue weighted by atomic mass is 9.92. The van der Waals surface area contributed by atoms with E-state index in [9.17, 15) is 9.18 Å². The summed E-state index contributed by atoms with van der Waals surface area (Å²) in [6, 6.07) is 18.7. The summed E-state index contributed by atoms with van der Waals surface area (Å²) in [7, 11) is 0. The number of aromatic nitrogens is 4. The summed E-state index contributed by atoms with van der Waals surface area (Å²) < 4.78 is 26.9. The Morgan fingerprint density at radius 1 is 1.00 bits per heavy atom. The molecular formula is C32H31ClFN5O3. The van der Waals surface area contributed by atoms with E-state index in [1.165, 1.54) is 24.3 Å². The molecule has 6 rings (SSSR count). The van der Waals surface area contributed by atoms with E-state index in [0.29, 0.717) is 24.6 Å². The van der Waals surface area contributed by atoms with Gasteiger partial charge in [-0.2, -0.15) is 5.10 Å². The molecule has 5 aromatic rings. The molecule has 0 bridgehead atoms. The number of rotatable bonds is 10. The van der Waals surface area contributed by atoms with Crippen molar-refractivity contribution in [3.8, 4) is 11.5 Å². The van der Waals surface area contributed by atoms with Crippen molar-refractivity contribution in [1.29, 1.82) is 0 Å². The first kappa shape index (κ1) is 27.8. The third-order valence-corrected chi connectivity index (χ3v) is 7.79. The normalized spacial score (nSPS) is 14.6. The number of hydrogen-bond donors (Lipinski definition) is 1. The molecule has 1 aliphatic rings. The van der Waals surface area contributed by atoms with E-state index in [2.05, 4.69) is 15.1 Å². The van der Waals surface area contributed by atoms with E-state index < -0.39 is 18.0 Å². The second kappa shape index (κ2) is 12.7. The van der Waals surface area contributed by atoms with Gasteiger partial charge < -0.3 is 14.5 Å². The minimum Gasteiger partial charge on any atom is -0.494 e. The number of unbranched alkanes of at least 4 members (excludes halogenated alkanes) is 3. The van der Waals surface area contributed by atoms with Crippen LogP contribution in [-0.2, 0) is 13.0 Å². The Morgan fingerprint density at radius 2 is 1.79 bits per heavy atom. The number of ether oxygens (including phenoxy) is 2. The van der Waals surface area contributed by atoms with Gasteiger partial charge in [-0.25, -0.2) is 14.2 Å². The number of H-pyrrole nitrogens is 1. The van der Waals surface area contributed by atoms with Crippen molar-refractivity contribution in [2.24, 2.45) is 0 Å². The average molecular weight is 588 g/mol. The van der Waals surface area contributed by atoms with Crippen LogP contribution in [0.4, 0.5) is 9.18 Å². The molecule has 42 heavy (non-hydrogen) atoms. The molecule has 216 valence electrons. The van der Waals surface area contributed by atoms with Crippen LogP contribution >= 0.6 is 11.6 Å². The highest BCUT2D eigenvalue weighted by molar-refractivity contribution is 6.31. The van der Waals surface area contributed by atoms with E-state index in [1.807, 2.05) is 47.1 Å². The zero-order valence-corrected chi connectivity index (χ0v) is 23.8. The first-order valence-corrected chi connectivity index (χ1v) is 14.5. The molecule has 2 aromatic heterocycles. The Labute approximate surface area is 248 Å². The molecule has 1 amide bonds. The van der Waals surface area contributed by atoms with Crippen LogP contribution in [0.2, 0.25) is 5.02 Å². The number of amides is 1. The van der Waals surface area contributed by atoms with Gasteiger partial charge in [0.05, 0.1) is 6.61 Å². The molecule has 0 radical (unpaired) electrons. The van der Waals surface area contributed by atoms with Gasteiger partial charge in [-0.3, -0.25) is 9.58 Å². The lowest BCUT2D eigenvalue weighted by Gasteiger charge is -2.35. The Bertz CT molecular complexity index is 1640. The van der Waals surface area contributed by atoms with E-state index >= 15 is 0 Å². The number of fused-ring (bicyclic) bond motifs is 3. The molecule has 0 saturated heterocycles. The van der Waals surface area contributed by atoms with E-state index in [1.54, 1.807) is 17.6 Å². The predicted molar refractivity (Wildman–Crippen MR) is 158 cm³/mol. The van der Waals surface area contributed by atoms with Crippen LogP contribution in [0.3, 0.4) is 0 Å². The lowest BCUT2D eigenvalue weighted by Crippen LogP contribution is -2.42. The number of halogens is 2. The molecule has 8 nitrogen and oxygen atoms in total. The molecule has 1 aliphatic heterocycles. The minimum absolute atomic E-state index is 0.288. The van der Waals surface area contributed by atoms with Crippen molar-refractivity contribution in [2.75, 3.05) is 13.2 Å². The second-order valence-corrected chi connectivity index (χ2v) is 10.8. The van der Waals surface area contributed by atoms with Crippen molar-refractivity contribution >= 4 is 28.6 Å². The summed E-state index contributed by atoms with van der Waals surface area (Å²) in [5.41, 5.74) is 3.94. The summed E-state index contributed by atoms with van der Waals surface area (Å²) in [4.78, 5) is 22.6. The maximum Gasteiger partial charge on any atom is 0.416 e. The van der Waals surface area contributed by atoms with E-state index in [0.717, 1.165) is 65.7 Å². The Kier molecular flexibility index (Phi) is 8.37. The van der Waals surface area contributed by atoms with E-state index in [4.69, 9.17) is 21.1 Å². The molecule has 3 heterocycles. The maximum atomic E-state index is 13.4. The van der Waals surface area contributed by atoms with Crippen molar-refractivity contribution in [1.82, 2.24) is 24.6 Å². The Balaban J connectivity index is 1.15. The van der Waals surface area contributed by atoms with E-state index in [-0.39, 0.29) is 5.75 Å². The summed E-state index contributed by atoms with van der Waals surface area (Å²) in [5, 5.41) is 5.84. The third-order valence-electron chi connectivity index (χ3n) is 7.56. The molecular weight excluding hydrogens is 557 g/mol. The average Bonchev–Trinajstić information content (AvgIpc) is 3.65. The zero-order valence-electron chi connectivity index (χ0n) is 23.0. The third kappa shape index (κ3) is 6.26.